The maximum absolute atomic E-state index is 13.3. The molecule has 0 aliphatic rings. The Balaban J connectivity index is 0.000000771. The Bertz CT molecular complexity index is 3950. The van der Waals surface area contributed by atoms with Crippen LogP contribution in [0.5, 0.6) is 0 Å². The van der Waals surface area contributed by atoms with Crippen LogP contribution in [0.2, 0.25) is 0 Å². The van der Waals surface area contributed by atoms with Crippen LogP contribution in [-0.2, 0) is 105 Å². The van der Waals surface area contributed by atoms with Gasteiger partial charge in [-0.2, -0.15) is 0 Å². The maximum Gasteiger partial charge on any atom is 0.303 e. The number of nitrogens with two attached hydrogens (primary N) is 1. The molecule has 4 heterocycles. The smallest absolute Gasteiger partial charge is 0.303 e. The Morgan fingerprint density at radius 3 is 0.904 bits per heavy atom. The summed E-state index contributed by atoms with van der Waals surface area (Å²) in [5, 5.41) is 45.4. The van der Waals surface area contributed by atoms with E-state index in [9.17, 15) is 67.1 Å². The summed E-state index contributed by atoms with van der Waals surface area (Å²) in [5.41, 5.74) is 5.46. The molecule has 4 aromatic rings. The number of rotatable bonds is 84. The molecule has 4 aromatic heterocycles. The number of carbonyl (C=O) groups excluding carboxylic acids is 13. The topological polar surface area (TPSA) is 555 Å². The summed E-state index contributed by atoms with van der Waals surface area (Å²) >= 11 is 0. The minimum Gasteiger partial charge on any atom is -0.481 e. The van der Waals surface area contributed by atoms with E-state index in [-0.39, 0.29) is 185 Å². The summed E-state index contributed by atoms with van der Waals surface area (Å²) in [6.45, 7) is 5.46. The summed E-state index contributed by atoms with van der Waals surface area (Å²) in [6, 6.07) is 20.1. The molecule has 0 aliphatic heterocycles. The highest BCUT2D eigenvalue weighted by molar-refractivity contribution is 8.77. The minimum absolute atomic E-state index is 0.0124. The Hall–Kier alpha value is -8.34. The molecule has 48 heteroatoms. The van der Waals surface area contributed by atoms with Crippen LogP contribution in [0.4, 0.5) is 0 Å². The van der Waals surface area contributed by atoms with Gasteiger partial charge in [0.1, 0.15) is 64.7 Å². The molecule has 4 atom stereocenters. The molecule has 0 aromatic carbocycles. The molecule has 0 spiro atoms. The molecule has 13 amide bonds. The van der Waals surface area contributed by atoms with Crippen molar-refractivity contribution in [2.75, 3.05) is 188 Å². The third-order valence-electron chi connectivity index (χ3n) is 18.3. The molecular weight excluding hydrogens is 1920 g/mol. The van der Waals surface area contributed by atoms with Crippen LogP contribution < -0.4 is 69.5 Å². The third kappa shape index (κ3) is 72.0. The third-order valence-corrected chi connectivity index (χ3v) is 27.3. The van der Waals surface area contributed by atoms with Gasteiger partial charge in [-0.25, -0.2) is 19.9 Å². The summed E-state index contributed by atoms with van der Waals surface area (Å²) in [7, 11) is 13.8. The number of carboxylic acid groups (broad SMARTS) is 1. The number of nitrogens with one attached hydrogen (secondary N) is 12. The fourth-order valence-electron chi connectivity index (χ4n) is 11.1. The molecule has 0 unspecified atom stereocenters. The molecule has 0 radical (unpaired) electrons. The van der Waals surface area contributed by atoms with Crippen molar-refractivity contribution in [3.8, 4) is 0 Å². The van der Waals surface area contributed by atoms with E-state index in [0.717, 1.165) is 39.4 Å². The second-order valence-electron chi connectivity index (χ2n) is 29.5. The fourth-order valence-corrected chi connectivity index (χ4v) is 18.6. The number of aromatic nitrogens is 4. The number of likely N-dealkylation sites (N-methyl/N-ethyl adjacent to an activating group) is 1. The molecule has 0 saturated carbocycles. The minimum atomic E-state index is -0.914. The van der Waals surface area contributed by atoms with Crippen LogP contribution in [-0.4, -0.2) is 314 Å². The van der Waals surface area contributed by atoms with Crippen molar-refractivity contribution >= 4 is 169 Å². The molecule has 15 N–H and O–H groups in total. The molecule has 40 nitrogen and oxygen atoms in total. The van der Waals surface area contributed by atoms with Gasteiger partial charge in [0, 0.05) is 152 Å². The van der Waals surface area contributed by atoms with Crippen LogP contribution >= 0.6 is 86.4 Å². The molecular formula is C88H137N17O23S8. The second-order valence-corrected chi connectivity index (χ2v) is 39.2. The number of unbranched alkanes of at least 4 members (excludes halogenated alkanes) is 5. The van der Waals surface area contributed by atoms with Gasteiger partial charge in [0.15, 0.2) is 0 Å². The number of primary amides is 1. The number of pyridine rings is 4. The number of carboxylic acids is 1. The van der Waals surface area contributed by atoms with Crippen molar-refractivity contribution in [1.82, 2.24) is 83.7 Å². The molecule has 136 heavy (non-hydrogen) atoms. The first-order valence-electron chi connectivity index (χ1n) is 45.3. The van der Waals surface area contributed by atoms with E-state index >= 15 is 0 Å². The van der Waals surface area contributed by atoms with Gasteiger partial charge in [0.05, 0.1) is 79.3 Å². The fraction of sp³-hybridized carbons (Fsp3) is 0.614. The highest BCUT2D eigenvalue weighted by Gasteiger charge is 2.24. The highest BCUT2D eigenvalue weighted by atomic mass is 33.1. The van der Waals surface area contributed by atoms with Gasteiger partial charge >= 0.3 is 5.97 Å². The normalized spacial score (nSPS) is 11.8. The van der Waals surface area contributed by atoms with Crippen molar-refractivity contribution in [2.24, 2.45) is 11.7 Å². The summed E-state index contributed by atoms with van der Waals surface area (Å²) in [6.07, 6.45) is 16.2. The van der Waals surface area contributed by atoms with E-state index in [1.165, 1.54) is 50.2 Å². The SMILES string of the molecule is CNC(=O)COCCOCCNC(=O)[C@H](CCCCNC(=O)CCSSc1ccccn1)NC(=O)COCCOCCNC(=O)[C@H](CCCCNC(=O)CCSSc1ccccn1)NC(=O)COCCOCCNC(=O)CCCCC(=O)O.C[C@@H](CCCCNC(=O)CCSSc1ccccn1)C(=O)NCCOCCOCC(=O)N[C@@H](CCCCNC(=O)CCSSc1ccccn1)C(N)=O. The molecule has 0 saturated heterocycles. The van der Waals surface area contributed by atoms with Gasteiger partial charge in [-0.1, -0.05) is 80.8 Å². The molecule has 0 bridgehead atoms. The van der Waals surface area contributed by atoms with E-state index < -0.39 is 59.5 Å². The van der Waals surface area contributed by atoms with E-state index in [1.54, 1.807) is 68.0 Å². The number of ether oxygens (including phenoxy) is 8. The monoisotopic (exact) mass is 2060 g/mol. The van der Waals surface area contributed by atoms with E-state index in [4.69, 9.17) is 48.7 Å². The molecule has 0 fully saturated rings. The number of nitrogens with zero attached hydrogens (tertiary/aromatic N) is 4. The number of amides is 13. The van der Waals surface area contributed by atoms with Crippen LogP contribution in [0.25, 0.3) is 0 Å². The molecule has 0 aliphatic carbocycles. The largest absolute Gasteiger partial charge is 0.481 e. The predicted molar refractivity (Wildman–Crippen MR) is 529 cm³/mol. The van der Waals surface area contributed by atoms with Crippen LogP contribution in [0.3, 0.4) is 0 Å². The number of aliphatic carboxylic acids is 1. The van der Waals surface area contributed by atoms with Crippen molar-refractivity contribution < 1.29 is 110 Å². The lowest BCUT2D eigenvalue weighted by Crippen LogP contribution is -2.48. The standard InChI is InChI=1S/C53H84N10O16S4.C35H53N7O7S4/c1-54-46(67)38-77-33-30-75-28-25-60-52(72)41(12-4-8-20-55-44(65)18-36-80-82-49-15-6-10-22-58-49)63-48(69)40-79-35-32-76-29-26-61-53(73)42(13-5-9-21-56-45(66)19-37-81-83-50-16-7-11-23-59-50)62-47(68)39-78-34-31-74-27-24-57-43(64)14-2-3-17-51(70)71;1-27(10-2-6-16-37-29(43)14-24-50-52-32-12-4-8-18-39-32)35(47)41-20-21-48-22-23-49-26-31(45)42-28(34(36)46)11-3-7-17-38-30(44)15-25-51-53-33-13-5-9-19-40-33/h6-7,10-11,15-16,22-23,41-42H,2-5,8-9,12-14,17-21,24-40H2,1H3,(H,54,67)(H,55,65)(H,56,66)(H,57,64)(H,60,72)(H,61,73)(H,62,68)(H,63,69)(H,70,71);4-5,8-9,12-13,18-19,27-28H,2-3,6-7,10-11,14-17,20-26H2,1H3,(H2,36,46)(H,37,43)(H,38,44)(H,41,47)(H,42,45)/t41-,42-;27-,28-/m00/s1. The second kappa shape index (κ2) is 84.7. The highest BCUT2D eigenvalue weighted by Crippen LogP contribution is 2.32. The summed E-state index contributed by atoms with van der Waals surface area (Å²) in [5.74, 6) is -2.21. The number of hydrogen-bond acceptors (Lipinski definition) is 34. The van der Waals surface area contributed by atoms with Crippen molar-refractivity contribution in [3.05, 3.63) is 97.6 Å². The Morgan fingerprint density at radius 2 is 0.588 bits per heavy atom. The van der Waals surface area contributed by atoms with Crippen molar-refractivity contribution in [3.63, 3.8) is 0 Å². The van der Waals surface area contributed by atoms with E-state index in [2.05, 4.69) is 83.7 Å². The average Bonchev–Trinajstić information content (AvgIpc) is 0.919. The van der Waals surface area contributed by atoms with Crippen LogP contribution in [0.15, 0.2) is 118 Å². The Morgan fingerprint density at radius 1 is 0.309 bits per heavy atom. The van der Waals surface area contributed by atoms with Crippen LogP contribution in [0, 0.1) is 5.92 Å². The zero-order valence-electron chi connectivity index (χ0n) is 77.5. The number of hydrogen-bond donors (Lipinski definition) is 14. The van der Waals surface area contributed by atoms with Crippen LogP contribution in [0.1, 0.15) is 135 Å². The quantitative estimate of drug-likeness (QED) is 0.0189. The van der Waals surface area contributed by atoms with Gasteiger partial charge < -0.3 is 113 Å². The predicted octanol–water partition coefficient (Wildman–Crippen LogP) is 5.59. The summed E-state index contributed by atoms with van der Waals surface area (Å²) < 4.78 is 43.5. The molecule has 760 valence electrons. The zero-order valence-corrected chi connectivity index (χ0v) is 84.1. The van der Waals surface area contributed by atoms with E-state index in [0.29, 0.717) is 152 Å². The molecule has 4 rings (SSSR count). The van der Waals surface area contributed by atoms with Gasteiger partial charge in [-0.3, -0.25) is 67.1 Å². The van der Waals surface area contributed by atoms with Gasteiger partial charge in [0.2, 0.25) is 76.8 Å². The first kappa shape index (κ1) is 122. The first-order chi connectivity index (χ1) is 66.1. The van der Waals surface area contributed by atoms with Gasteiger partial charge in [-0.15, -0.1) is 0 Å². The van der Waals surface area contributed by atoms with Gasteiger partial charge in [-0.05, 0) is 175 Å². The number of carbonyl (C=O) groups is 14. The lowest BCUT2D eigenvalue weighted by atomic mass is 10.0. The first-order valence-corrected chi connectivity index (χ1v) is 54.6. The lowest BCUT2D eigenvalue weighted by molar-refractivity contribution is -0.137. The van der Waals surface area contributed by atoms with Crippen molar-refractivity contribution in [1.29, 1.82) is 0 Å². The average molecular weight is 2060 g/mol. The Kier molecular flexibility index (Phi) is 75.9. The zero-order chi connectivity index (χ0) is 98.6. The van der Waals surface area contributed by atoms with E-state index in [1.807, 2.05) is 79.7 Å². The van der Waals surface area contributed by atoms with Crippen molar-refractivity contribution in [2.45, 2.75) is 174 Å². The Labute approximate surface area is 828 Å². The lowest BCUT2D eigenvalue weighted by Gasteiger charge is -2.19. The maximum atomic E-state index is 13.3. The summed E-state index contributed by atoms with van der Waals surface area (Å²) in [4.78, 5) is 188. The van der Waals surface area contributed by atoms with Gasteiger partial charge in [0.25, 0.3) is 0 Å².